The Morgan fingerprint density at radius 1 is 1.14 bits per heavy atom. The average Bonchev–Trinajstić information content (AvgIpc) is 3.11. The summed E-state index contributed by atoms with van der Waals surface area (Å²) in [5.41, 5.74) is -7.12. The number of alkyl halides is 3. The summed E-state index contributed by atoms with van der Waals surface area (Å²) in [5.74, 6) is -2.67. The number of fused-ring (bicyclic) bond motifs is 1. The topological polar surface area (TPSA) is 122 Å². The van der Waals surface area contributed by atoms with Gasteiger partial charge in [-0.3, -0.25) is 19.4 Å². The molecule has 4 rings (SSSR count). The molecule has 2 amide bonds. The lowest BCUT2D eigenvalue weighted by Crippen LogP contribution is -2.62. The third kappa shape index (κ3) is 4.32. The Morgan fingerprint density at radius 3 is 2.40 bits per heavy atom. The van der Waals surface area contributed by atoms with Crippen molar-refractivity contribution in [1.82, 2.24) is 14.9 Å². The molecule has 1 atom stereocenters. The maximum Gasteiger partial charge on any atom is 0.425 e. The van der Waals surface area contributed by atoms with E-state index in [-0.39, 0.29) is 18.0 Å². The fourth-order valence-electron chi connectivity index (χ4n) is 4.84. The summed E-state index contributed by atoms with van der Waals surface area (Å²) in [7, 11) is 1.41. The lowest BCUT2D eigenvalue weighted by Gasteiger charge is -2.30. The smallest absolute Gasteiger partial charge is 0.425 e. The Kier molecular flexibility index (Phi) is 6.48. The number of aromatic nitrogens is 2. The zero-order valence-corrected chi connectivity index (χ0v) is 19.0. The molecule has 2 aliphatic rings. The van der Waals surface area contributed by atoms with Gasteiger partial charge in [0.05, 0.1) is 12.8 Å². The molecular formula is C23H25F3N4O5. The van der Waals surface area contributed by atoms with Gasteiger partial charge in [0, 0.05) is 6.42 Å². The standard InChI is InChI=1S/C23H25F3N4O5/c1-35-15-10-8-14(9-11-15)30-18-17(19(32)28-21(30)34)22(20(33)27-18,23(24,25)26)29-16(31)12-7-13-5-3-2-4-6-13/h8-11,13H,2-7,12H2,1H3,(H,27,33)(H,29,31)(H,28,32,34)/t22-/m1/s1. The number of hydrogen-bond acceptors (Lipinski definition) is 5. The predicted octanol–water partition coefficient (Wildman–Crippen LogP) is 2.72. The molecule has 188 valence electrons. The van der Waals surface area contributed by atoms with Gasteiger partial charge in [0.1, 0.15) is 17.1 Å². The number of nitrogens with zero attached hydrogens (tertiary/aromatic N) is 1. The summed E-state index contributed by atoms with van der Waals surface area (Å²) in [4.78, 5) is 52.6. The monoisotopic (exact) mass is 494 g/mol. The molecule has 0 saturated heterocycles. The van der Waals surface area contributed by atoms with Crippen LogP contribution in [0.3, 0.4) is 0 Å². The van der Waals surface area contributed by atoms with Crippen molar-refractivity contribution in [2.75, 3.05) is 12.4 Å². The first-order valence-electron chi connectivity index (χ1n) is 11.3. The van der Waals surface area contributed by atoms with Crippen LogP contribution in [0.5, 0.6) is 5.75 Å². The highest BCUT2D eigenvalue weighted by molar-refractivity contribution is 6.07. The van der Waals surface area contributed by atoms with Gasteiger partial charge in [0.25, 0.3) is 11.5 Å². The Hall–Kier alpha value is -3.57. The van der Waals surface area contributed by atoms with E-state index in [0.717, 1.165) is 36.7 Å². The van der Waals surface area contributed by atoms with Crippen LogP contribution in [0.1, 0.15) is 50.5 Å². The van der Waals surface area contributed by atoms with Crippen molar-refractivity contribution in [2.24, 2.45) is 5.92 Å². The second-order valence-electron chi connectivity index (χ2n) is 8.81. The van der Waals surface area contributed by atoms with Gasteiger partial charge in [-0.15, -0.1) is 0 Å². The molecule has 0 spiro atoms. The van der Waals surface area contributed by atoms with Crippen molar-refractivity contribution in [3.05, 3.63) is 50.7 Å². The van der Waals surface area contributed by atoms with E-state index in [2.05, 4.69) is 0 Å². The molecule has 0 unspecified atom stereocenters. The van der Waals surface area contributed by atoms with Crippen molar-refractivity contribution >= 4 is 17.6 Å². The Morgan fingerprint density at radius 2 is 1.80 bits per heavy atom. The Balaban J connectivity index is 1.76. The first kappa shape index (κ1) is 24.6. The zero-order valence-electron chi connectivity index (χ0n) is 19.0. The first-order valence-corrected chi connectivity index (χ1v) is 11.3. The van der Waals surface area contributed by atoms with Crippen molar-refractivity contribution in [2.45, 2.75) is 56.7 Å². The molecule has 1 saturated carbocycles. The average molecular weight is 494 g/mol. The van der Waals surface area contributed by atoms with E-state index in [1.807, 2.05) is 10.3 Å². The van der Waals surface area contributed by atoms with Crippen molar-refractivity contribution in [3.8, 4) is 11.4 Å². The molecule has 9 nitrogen and oxygen atoms in total. The number of carbonyl (C=O) groups is 2. The van der Waals surface area contributed by atoms with E-state index in [1.54, 1.807) is 5.32 Å². The van der Waals surface area contributed by atoms with Crippen LogP contribution in [0.25, 0.3) is 5.69 Å². The summed E-state index contributed by atoms with van der Waals surface area (Å²) >= 11 is 0. The Bertz CT molecular complexity index is 1250. The van der Waals surface area contributed by atoms with Gasteiger partial charge in [0.2, 0.25) is 11.4 Å². The van der Waals surface area contributed by atoms with E-state index >= 15 is 0 Å². The van der Waals surface area contributed by atoms with Crippen molar-refractivity contribution in [1.29, 1.82) is 0 Å². The summed E-state index contributed by atoms with van der Waals surface area (Å²) in [6, 6.07) is 5.67. The van der Waals surface area contributed by atoms with Crippen molar-refractivity contribution < 1.29 is 27.5 Å². The van der Waals surface area contributed by atoms with Crippen LogP contribution in [0.2, 0.25) is 0 Å². The quantitative estimate of drug-likeness (QED) is 0.570. The molecule has 1 aromatic carbocycles. The summed E-state index contributed by atoms with van der Waals surface area (Å²) in [6.07, 6.45) is -0.298. The third-order valence-electron chi connectivity index (χ3n) is 6.65. The van der Waals surface area contributed by atoms with Crippen LogP contribution in [0, 0.1) is 5.92 Å². The number of aromatic amines is 1. The number of carbonyl (C=O) groups excluding carboxylic acids is 2. The minimum Gasteiger partial charge on any atom is -0.497 e. The molecular weight excluding hydrogens is 469 g/mol. The van der Waals surface area contributed by atoms with Crippen LogP contribution in [-0.4, -0.2) is 34.7 Å². The third-order valence-corrected chi connectivity index (χ3v) is 6.65. The van der Waals surface area contributed by atoms with Crippen LogP contribution in [0.15, 0.2) is 33.9 Å². The molecule has 0 bridgehead atoms. The van der Waals surface area contributed by atoms with Crippen LogP contribution in [0.4, 0.5) is 19.0 Å². The molecule has 12 heteroatoms. The lowest BCUT2D eigenvalue weighted by atomic mass is 9.85. The van der Waals surface area contributed by atoms with Crippen LogP contribution in [-0.2, 0) is 15.1 Å². The number of anilines is 1. The van der Waals surface area contributed by atoms with E-state index < -0.39 is 46.2 Å². The van der Waals surface area contributed by atoms with Gasteiger partial charge < -0.3 is 15.4 Å². The molecule has 1 fully saturated rings. The Labute approximate surface area is 197 Å². The lowest BCUT2D eigenvalue weighted by molar-refractivity contribution is -0.200. The zero-order chi connectivity index (χ0) is 25.4. The molecule has 2 aromatic rings. The van der Waals surface area contributed by atoms with Gasteiger partial charge in [-0.1, -0.05) is 32.1 Å². The predicted molar refractivity (Wildman–Crippen MR) is 120 cm³/mol. The number of benzene rings is 1. The van der Waals surface area contributed by atoms with Gasteiger partial charge >= 0.3 is 11.9 Å². The summed E-state index contributed by atoms with van der Waals surface area (Å²) in [6.45, 7) is 0. The number of rotatable bonds is 6. The SMILES string of the molecule is COc1ccc(-n2c3c(c(=O)[nH]c2=O)[C@](NC(=O)CCC2CCCCC2)(C(F)(F)F)C(=O)N3)cc1. The van der Waals surface area contributed by atoms with Gasteiger partial charge in [-0.2, -0.15) is 13.2 Å². The highest BCUT2D eigenvalue weighted by Gasteiger charge is 2.68. The molecule has 3 N–H and O–H groups in total. The van der Waals surface area contributed by atoms with Gasteiger partial charge in [-0.05, 0) is 36.6 Å². The van der Waals surface area contributed by atoms with Crippen LogP contribution < -0.4 is 26.6 Å². The highest BCUT2D eigenvalue weighted by Crippen LogP contribution is 2.45. The van der Waals surface area contributed by atoms with E-state index in [1.165, 1.54) is 31.4 Å². The number of ether oxygens (including phenoxy) is 1. The number of H-pyrrole nitrogens is 1. The maximum absolute atomic E-state index is 14.5. The van der Waals surface area contributed by atoms with E-state index in [0.29, 0.717) is 12.2 Å². The molecule has 0 radical (unpaired) electrons. The minimum atomic E-state index is -5.36. The van der Waals surface area contributed by atoms with E-state index in [4.69, 9.17) is 4.74 Å². The first-order chi connectivity index (χ1) is 16.6. The number of halogens is 3. The number of nitrogens with one attached hydrogen (secondary N) is 3. The number of methoxy groups -OCH3 is 1. The van der Waals surface area contributed by atoms with Crippen molar-refractivity contribution in [3.63, 3.8) is 0 Å². The van der Waals surface area contributed by atoms with Gasteiger partial charge in [-0.25, -0.2) is 9.36 Å². The molecule has 1 aliphatic carbocycles. The number of hydrogen-bond donors (Lipinski definition) is 3. The molecule has 2 heterocycles. The number of amides is 2. The largest absolute Gasteiger partial charge is 0.497 e. The second-order valence-corrected chi connectivity index (χ2v) is 8.81. The van der Waals surface area contributed by atoms with Crippen LogP contribution >= 0.6 is 0 Å². The summed E-state index contributed by atoms with van der Waals surface area (Å²) < 4.78 is 49.2. The molecule has 1 aliphatic heterocycles. The second kappa shape index (κ2) is 9.23. The summed E-state index contributed by atoms with van der Waals surface area (Å²) in [5, 5.41) is 3.82. The minimum absolute atomic E-state index is 0.0743. The van der Waals surface area contributed by atoms with Gasteiger partial charge in [0.15, 0.2) is 0 Å². The fourth-order valence-corrected chi connectivity index (χ4v) is 4.84. The fraction of sp³-hybridized carbons (Fsp3) is 0.478. The molecule has 1 aromatic heterocycles. The maximum atomic E-state index is 14.5. The highest BCUT2D eigenvalue weighted by atomic mass is 19.4. The molecule has 35 heavy (non-hydrogen) atoms. The normalized spacial score (nSPS) is 20.3. The van der Waals surface area contributed by atoms with E-state index in [9.17, 15) is 32.3 Å².